The number of rotatable bonds is 3. The van der Waals surface area contributed by atoms with Crippen LogP contribution in [0.5, 0.6) is 0 Å². The molecular formula is C16H31NO2. The van der Waals surface area contributed by atoms with Crippen molar-refractivity contribution in [2.75, 3.05) is 13.7 Å². The molecule has 0 heterocycles. The summed E-state index contributed by atoms with van der Waals surface area (Å²) in [6.45, 7) is 5.23. The molecule has 2 saturated carbocycles. The normalized spacial score (nSPS) is 38.1. The predicted octanol–water partition coefficient (Wildman–Crippen LogP) is 2.85. The average molecular weight is 269 g/mol. The molecule has 19 heavy (non-hydrogen) atoms. The highest BCUT2D eigenvalue weighted by Crippen LogP contribution is 2.54. The summed E-state index contributed by atoms with van der Waals surface area (Å²) in [6, 6.07) is 0. The van der Waals surface area contributed by atoms with E-state index in [1.807, 2.05) is 0 Å². The van der Waals surface area contributed by atoms with Gasteiger partial charge in [0.15, 0.2) is 0 Å². The van der Waals surface area contributed by atoms with Gasteiger partial charge >= 0.3 is 0 Å². The molecule has 0 spiro atoms. The van der Waals surface area contributed by atoms with Gasteiger partial charge < -0.3 is 15.6 Å². The number of nitrogens with two attached hydrogens (primary N) is 1. The van der Waals surface area contributed by atoms with Gasteiger partial charge in [-0.05, 0) is 43.9 Å². The second-order valence-corrected chi connectivity index (χ2v) is 7.54. The summed E-state index contributed by atoms with van der Waals surface area (Å²) in [5.41, 5.74) is 5.69. The smallest absolute Gasteiger partial charge is 0.0975 e. The molecule has 2 aliphatic rings. The lowest BCUT2D eigenvalue weighted by Gasteiger charge is -2.56. The first-order chi connectivity index (χ1) is 8.89. The topological polar surface area (TPSA) is 55.5 Å². The van der Waals surface area contributed by atoms with Crippen molar-refractivity contribution in [2.24, 2.45) is 16.6 Å². The SMILES string of the molecule is COC1CCCCC1(O)C1(CN)CCC(C)(C)CC1. The Bertz CT molecular complexity index is 306. The fourth-order valence-electron chi connectivity index (χ4n) is 4.26. The fraction of sp³-hybridized carbons (Fsp3) is 1.00. The van der Waals surface area contributed by atoms with Crippen molar-refractivity contribution in [1.82, 2.24) is 0 Å². The highest BCUT2D eigenvalue weighted by Gasteiger charge is 2.56. The van der Waals surface area contributed by atoms with Crippen LogP contribution in [0.25, 0.3) is 0 Å². The Kier molecular flexibility index (Phi) is 4.29. The third kappa shape index (κ3) is 2.57. The van der Waals surface area contributed by atoms with Gasteiger partial charge in [0, 0.05) is 19.1 Å². The van der Waals surface area contributed by atoms with E-state index in [9.17, 15) is 5.11 Å². The van der Waals surface area contributed by atoms with Crippen LogP contribution >= 0.6 is 0 Å². The summed E-state index contributed by atoms with van der Waals surface area (Å²) in [5.74, 6) is 0. The number of aliphatic hydroxyl groups is 1. The molecule has 0 saturated heterocycles. The third-order valence-electron chi connectivity index (χ3n) is 5.96. The molecule has 0 bridgehead atoms. The Balaban J connectivity index is 2.24. The van der Waals surface area contributed by atoms with Crippen molar-refractivity contribution >= 4 is 0 Å². The zero-order valence-corrected chi connectivity index (χ0v) is 12.9. The van der Waals surface area contributed by atoms with E-state index in [0.717, 1.165) is 51.4 Å². The van der Waals surface area contributed by atoms with Gasteiger partial charge in [0.25, 0.3) is 0 Å². The minimum absolute atomic E-state index is 0.0361. The molecular weight excluding hydrogens is 238 g/mol. The van der Waals surface area contributed by atoms with Gasteiger partial charge in [-0.15, -0.1) is 0 Å². The van der Waals surface area contributed by atoms with Gasteiger partial charge in [0.1, 0.15) is 0 Å². The molecule has 3 N–H and O–H groups in total. The Morgan fingerprint density at radius 2 is 1.74 bits per heavy atom. The molecule has 0 radical (unpaired) electrons. The summed E-state index contributed by atoms with van der Waals surface area (Å²) in [5, 5.41) is 11.4. The Morgan fingerprint density at radius 1 is 1.11 bits per heavy atom. The second-order valence-electron chi connectivity index (χ2n) is 7.54. The molecule has 2 unspecified atom stereocenters. The standard InChI is InChI=1S/C16H31NO2/c1-14(2)8-10-15(12-17,11-9-14)16(18)7-5-4-6-13(16)19-3/h13,18H,4-12,17H2,1-3H3. The van der Waals surface area contributed by atoms with E-state index in [4.69, 9.17) is 10.5 Å². The molecule has 2 rings (SSSR count). The highest BCUT2D eigenvalue weighted by molar-refractivity contribution is 5.08. The largest absolute Gasteiger partial charge is 0.387 e. The molecule has 2 fully saturated rings. The lowest BCUT2D eigenvalue weighted by Crippen LogP contribution is -2.62. The first kappa shape index (κ1) is 15.3. The first-order valence-electron chi connectivity index (χ1n) is 7.84. The van der Waals surface area contributed by atoms with Crippen molar-refractivity contribution in [3.63, 3.8) is 0 Å². The quantitative estimate of drug-likeness (QED) is 0.828. The first-order valence-corrected chi connectivity index (χ1v) is 7.84. The summed E-state index contributed by atoms with van der Waals surface area (Å²) in [6.07, 6.45) is 8.42. The maximum atomic E-state index is 11.4. The zero-order valence-electron chi connectivity index (χ0n) is 12.9. The van der Waals surface area contributed by atoms with E-state index in [2.05, 4.69) is 13.8 Å². The Morgan fingerprint density at radius 3 is 2.26 bits per heavy atom. The molecule has 112 valence electrons. The van der Waals surface area contributed by atoms with Gasteiger partial charge in [0.2, 0.25) is 0 Å². The van der Waals surface area contributed by atoms with Crippen molar-refractivity contribution in [3.8, 4) is 0 Å². The van der Waals surface area contributed by atoms with Crippen molar-refractivity contribution in [2.45, 2.75) is 76.9 Å². The monoisotopic (exact) mass is 269 g/mol. The summed E-state index contributed by atoms with van der Waals surface area (Å²) < 4.78 is 5.63. The maximum Gasteiger partial charge on any atom is 0.0975 e. The van der Waals surface area contributed by atoms with Crippen LogP contribution < -0.4 is 5.73 Å². The lowest BCUT2D eigenvalue weighted by atomic mass is 9.54. The molecule has 2 atom stereocenters. The predicted molar refractivity (Wildman–Crippen MR) is 78.0 cm³/mol. The van der Waals surface area contributed by atoms with Crippen LogP contribution in [0.15, 0.2) is 0 Å². The van der Waals surface area contributed by atoms with Crippen molar-refractivity contribution < 1.29 is 9.84 Å². The van der Waals surface area contributed by atoms with Crippen molar-refractivity contribution in [1.29, 1.82) is 0 Å². The van der Waals surface area contributed by atoms with Gasteiger partial charge in [-0.1, -0.05) is 26.7 Å². The molecule has 0 aromatic heterocycles. The second kappa shape index (κ2) is 5.34. The van der Waals surface area contributed by atoms with E-state index < -0.39 is 5.60 Å². The van der Waals surface area contributed by atoms with Crippen LogP contribution in [-0.2, 0) is 4.74 Å². The van der Waals surface area contributed by atoms with Crippen LogP contribution in [0.2, 0.25) is 0 Å². The minimum Gasteiger partial charge on any atom is -0.387 e. The van der Waals surface area contributed by atoms with Gasteiger partial charge in [0.05, 0.1) is 11.7 Å². The lowest BCUT2D eigenvalue weighted by molar-refractivity contribution is -0.200. The van der Waals surface area contributed by atoms with Crippen LogP contribution in [0.4, 0.5) is 0 Å². The Hall–Kier alpha value is -0.120. The van der Waals surface area contributed by atoms with Crippen LogP contribution in [0.3, 0.4) is 0 Å². The number of ether oxygens (including phenoxy) is 1. The summed E-state index contributed by atoms with van der Waals surface area (Å²) in [7, 11) is 1.73. The number of hydrogen-bond acceptors (Lipinski definition) is 3. The van der Waals surface area contributed by atoms with E-state index in [1.54, 1.807) is 7.11 Å². The molecule has 2 aliphatic carbocycles. The van der Waals surface area contributed by atoms with Crippen molar-refractivity contribution in [3.05, 3.63) is 0 Å². The minimum atomic E-state index is -0.717. The third-order valence-corrected chi connectivity index (χ3v) is 5.96. The Labute approximate surface area is 117 Å². The van der Waals surface area contributed by atoms with Gasteiger partial charge in [-0.2, -0.15) is 0 Å². The van der Waals surface area contributed by atoms with Crippen LogP contribution in [-0.4, -0.2) is 30.5 Å². The molecule has 0 amide bonds. The number of hydrogen-bond donors (Lipinski definition) is 2. The summed E-state index contributed by atoms with van der Waals surface area (Å²) in [4.78, 5) is 0. The molecule has 0 aromatic rings. The molecule has 3 heteroatoms. The van der Waals surface area contributed by atoms with Crippen LogP contribution in [0.1, 0.15) is 65.2 Å². The van der Waals surface area contributed by atoms with E-state index in [1.165, 1.54) is 0 Å². The summed E-state index contributed by atoms with van der Waals surface area (Å²) >= 11 is 0. The zero-order chi connectivity index (χ0) is 14.1. The fourth-order valence-corrected chi connectivity index (χ4v) is 4.26. The van der Waals surface area contributed by atoms with Gasteiger partial charge in [-0.3, -0.25) is 0 Å². The van der Waals surface area contributed by atoms with E-state index in [0.29, 0.717) is 12.0 Å². The van der Waals surface area contributed by atoms with Crippen LogP contribution in [0, 0.1) is 10.8 Å². The average Bonchev–Trinajstić information content (AvgIpc) is 2.39. The van der Waals surface area contributed by atoms with E-state index in [-0.39, 0.29) is 11.5 Å². The molecule has 3 nitrogen and oxygen atoms in total. The molecule has 0 aliphatic heterocycles. The molecule has 0 aromatic carbocycles. The number of methoxy groups -OCH3 is 1. The maximum absolute atomic E-state index is 11.4. The highest BCUT2D eigenvalue weighted by atomic mass is 16.5. The van der Waals surface area contributed by atoms with E-state index >= 15 is 0 Å². The van der Waals surface area contributed by atoms with Gasteiger partial charge in [-0.25, -0.2) is 0 Å².